The molecule has 23 heavy (non-hydrogen) atoms. The Morgan fingerprint density at radius 2 is 2.22 bits per heavy atom. The average molecular weight is 316 g/mol. The first-order valence-electron chi connectivity index (χ1n) is 7.79. The summed E-state index contributed by atoms with van der Waals surface area (Å²) in [6.45, 7) is 2.51. The van der Waals surface area contributed by atoms with E-state index in [2.05, 4.69) is 15.0 Å². The highest BCUT2D eigenvalue weighted by atomic mass is 16.5. The number of nitrogens with two attached hydrogens (primary N) is 1. The fourth-order valence-electron chi connectivity index (χ4n) is 2.82. The van der Waals surface area contributed by atoms with Crippen molar-refractivity contribution in [3.8, 4) is 5.75 Å². The molecule has 1 amide bonds. The number of amides is 1. The van der Waals surface area contributed by atoms with Crippen LogP contribution < -0.4 is 10.5 Å². The highest BCUT2D eigenvalue weighted by molar-refractivity contribution is 5.88. The van der Waals surface area contributed by atoms with Crippen LogP contribution in [-0.2, 0) is 0 Å². The Hall–Kier alpha value is -2.41. The predicted octanol–water partition coefficient (Wildman–Crippen LogP) is 1.77. The molecule has 0 saturated carbocycles. The van der Waals surface area contributed by atoms with E-state index in [0.29, 0.717) is 12.5 Å². The summed E-state index contributed by atoms with van der Waals surface area (Å²) in [4.78, 5) is 17.4. The van der Waals surface area contributed by atoms with Gasteiger partial charge in [-0.15, -0.1) is 0 Å². The van der Waals surface area contributed by atoms with Crippen LogP contribution in [0.5, 0.6) is 5.75 Å². The summed E-state index contributed by atoms with van der Waals surface area (Å²) in [5.74, 6) is 0.633. The number of ether oxygens (including phenoxy) is 1. The van der Waals surface area contributed by atoms with Crippen molar-refractivity contribution < 1.29 is 14.1 Å². The van der Waals surface area contributed by atoms with Crippen LogP contribution in [0.3, 0.4) is 0 Å². The van der Waals surface area contributed by atoms with E-state index in [1.165, 1.54) is 0 Å². The summed E-state index contributed by atoms with van der Waals surface area (Å²) < 4.78 is 10.9. The first kappa shape index (κ1) is 15.5. The van der Waals surface area contributed by atoms with Crippen molar-refractivity contribution in [2.75, 3.05) is 19.7 Å². The van der Waals surface area contributed by atoms with E-state index in [-0.39, 0.29) is 11.9 Å². The minimum absolute atomic E-state index is 0.0562. The van der Waals surface area contributed by atoms with Crippen LogP contribution in [0.25, 0.3) is 0 Å². The summed E-state index contributed by atoms with van der Waals surface area (Å²) in [5.41, 5.74) is 5.16. The van der Waals surface area contributed by atoms with E-state index < -0.39 is 5.91 Å². The number of para-hydroxylation sites is 1. The molecule has 7 nitrogen and oxygen atoms in total. The van der Waals surface area contributed by atoms with Gasteiger partial charge in [0, 0.05) is 6.54 Å². The number of carbonyl (C=O) groups is 1. The first-order chi connectivity index (χ1) is 11.2. The average Bonchev–Trinajstić information content (AvgIpc) is 3.21. The standard InChI is InChI=1S/C16H20N4O3/c17-14(21)15-18-16(23-19-15)13-8-4-9-20(13)10-5-11-22-12-6-2-1-3-7-12/h1-3,6-7,13H,4-5,8-11H2,(H2,17,21)/t13-/m1/s1. The van der Waals surface area contributed by atoms with Gasteiger partial charge < -0.3 is 15.0 Å². The van der Waals surface area contributed by atoms with E-state index in [4.69, 9.17) is 15.0 Å². The topological polar surface area (TPSA) is 94.5 Å². The number of hydrogen-bond donors (Lipinski definition) is 1. The molecule has 1 aliphatic heterocycles. The van der Waals surface area contributed by atoms with Crippen LogP contribution in [-0.4, -0.2) is 40.6 Å². The third-order valence-electron chi connectivity index (χ3n) is 3.91. The zero-order valence-corrected chi connectivity index (χ0v) is 12.9. The van der Waals surface area contributed by atoms with Gasteiger partial charge in [0.1, 0.15) is 5.75 Å². The summed E-state index contributed by atoms with van der Waals surface area (Å²) in [7, 11) is 0. The molecule has 0 radical (unpaired) electrons. The minimum atomic E-state index is -0.666. The molecular weight excluding hydrogens is 296 g/mol. The van der Waals surface area contributed by atoms with Crippen LogP contribution >= 0.6 is 0 Å². The van der Waals surface area contributed by atoms with Gasteiger partial charge in [-0.1, -0.05) is 23.4 Å². The Balaban J connectivity index is 1.49. The van der Waals surface area contributed by atoms with Crippen LogP contribution in [0.1, 0.15) is 41.8 Å². The number of primary amides is 1. The van der Waals surface area contributed by atoms with Gasteiger partial charge in [0.2, 0.25) is 5.89 Å². The number of nitrogens with zero attached hydrogens (tertiary/aromatic N) is 3. The number of hydrogen-bond acceptors (Lipinski definition) is 6. The van der Waals surface area contributed by atoms with E-state index in [0.717, 1.165) is 38.1 Å². The van der Waals surface area contributed by atoms with E-state index in [1.807, 2.05) is 30.3 Å². The Bertz CT molecular complexity index is 644. The Labute approximate surface area is 134 Å². The fraction of sp³-hybridized carbons (Fsp3) is 0.438. The molecule has 1 saturated heterocycles. The molecule has 1 fully saturated rings. The second kappa shape index (κ2) is 7.23. The highest BCUT2D eigenvalue weighted by Crippen LogP contribution is 2.30. The monoisotopic (exact) mass is 316 g/mol. The van der Waals surface area contributed by atoms with Gasteiger partial charge in [0.25, 0.3) is 11.7 Å². The van der Waals surface area contributed by atoms with Gasteiger partial charge in [-0.2, -0.15) is 4.98 Å². The molecule has 0 bridgehead atoms. The second-order valence-corrected chi connectivity index (χ2v) is 5.53. The maximum absolute atomic E-state index is 11.1. The third-order valence-corrected chi connectivity index (χ3v) is 3.91. The molecule has 2 N–H and O–H groups in total. The molecule has 2 heterocycles. The van der Waals surface area contributed by atoms with Gasteiger partial charge in [-0.05, 0) is 37.9 Å². The van der Waals surface area contributed by atoms with Gasteiger partial charge in [-0.3, -0.25) is 9.69 Å². The molecule has 1 aliphatic rings. The van der Waals surface area contributed by atoms with Crippen molar-refractivity contribution in [2.24, 2.45) is 5.73 Å². The zero-order chi connectivity index (χ0) is 16.1. The first-order valence-corrected chi connectivity index (χ1v) is 7.79. The van der Waals surface area contributed by atoms with Gasteiger partial charge >= 0.3 is 0 Å². The van der Waals surface area contributed by atoms with Crippen molar-refractivity contribution in [1.29, 1.82) is 0 Å². The molecule has 122 valence electrons. The lowest BCUT2D eigenvalue weighted by molar-refractivity contribution is 0.0987. The fourth-order valence-corrected chi connectivity index (χ4v) is 2.82. The van der Waals surface area contributed by atoms with E-state index in [1.54, 1.807) is 0 Å². The predicted molar refractivity (Wildman–Crippen MR) is 82.9 cm³/mol. The molecule has 1 aromatic heterocycles. The van der Waals surface area contributed by atoms with Crippen molar-refractivity contribution in [3.05, 3.63) is 42.0 Å². The molecule has 7 heteroatoms. The summed E-state index contributed by atoms with van der Waals surface area (Å²) >= 11 is 0. The minimum Gasteiger partial charge on any atom is -0.494 e. The summed E-state index contributed by atoms with van der Waals surface area (Å²) in [6.07, 6.45) is 2.92. The zero-order valence-electron chi connectivity index (χ0n) is 12.9. The third kappa shape index (κ3) is 3.87. The van der Waals surface area contributed by atoms with Crippen LogP contribution in [0.4, 0.5) is 0 Å². The number of carbonyl (C=O) groups excluding carboxylic acids is 1. The second-order valence-electron chi connectivity index (χ2n) is 5.53. The quantitative estimate of drug-likeness (QED) is 0.782. The molecule has 0 unspecified atom stereocenters. The number of aromatic nitrogens is 2. The van der Waals surface area contributed by atoms with Crippen molar-refractivity contribution >= 4 is 5.91 Å². The summed E-state index contributed by atoms with van der Waals surface area (Å²) in [5, 5.41) is 3.62. The Morgan fingerprint density at radius 1 is 1.39 bits per heavy atom. The molecule has 3 rings (SSSR count). The van der Waals surface area contributed by atoms with Crippen LogP contribution in [0.2, 0.25) is 0 Å². The van der Waals surface area contributed by atoms with Gasteiger partial charge in [0.15, 0.2) is 0 Å². The lowest BCUT2D eigenvalue weighted by Gasteiger charge is -2.21. The number of likely N-dealkylation sites (tertiary alicyclic amines) is 1. The Morgan fingerprint density at radius 3 is 2.96 bits per heavy atom. The van der Waals surface area contributed by atoms with Gasteiger partial charge in [-0.25, -0.2) is 0 Å². The highest BCUT2D eigenvalue weighted by Gasteiger charge is 2.30. The van der Waals surface area contributed by atoms with Crippen LogP contribution in [0, 0.1) is 0 Å². The smallest absolute Gasteiger partial charge is 0.290 e. The number of rotatable bonds is 7. The molecule has 2 aromatic rings. The maximum atomic E-state index is 11.1. The molecule has 1 aromatic carbocycles. The summed E-state index contributed by atoms with van der Waals surface area (Å²) in [6, 6.07) is 9.83. The van der Waals surface area contributed by atoms with Crippen LogP contribution in [0.15, 0.2) is 34.9 Å². The van der Waals surface area contributed by atoms with Crippen molar-refractivity contribution in [1.82, 2.24) is 15.0 Å². The van der Waals surface area contributed by atoms with Crippen molar-refractivity contribution in [3.63, 3.8) is 0 Å². The molecule has 0 aliphatic carbocycles. The normalized spacial score (nSPS) is 18.2. The maximum Gasteiger partial charge on any atom is 0.290 e. The SMILES string of the molecule is NC(=O)c1noc([C@H]2CCCN2CCCOc2ccccc2)n1. The lowest BCUT2D eigenvalue weighted by Crippen LogP contribution is -2.26. The molecule has 1 atom stereocenters. The largest absolute Gasteiger partial charge is 0.494 e. The molecular formula is C16H20N4O3. The molecule has 0 spiro atoms. The Kier molecular flexibility index (Phi) is 4.87. The van der Waals surface area contributed by atoms with Crippen molar-refractivity contribution in [2.45, 2.75) is 25.3 Å². The van der Waals surface area contributed by atoms with E-state index >= 15 is 0 Å². The lowest BCUT2D eigenvalue weighted by atomic mass is 10.2. The van der Waals surface area contributed by atoms with E-state index in [9.17, 15) is 4.79 Å². The van der Waals surface area contributed by atoms with Gasteiger partial charge in [0.05, 0.1) is 12.6 Å². The number of benzene rings is 1.